The van der Waals surface area contributed by atoms with E-state index < -0.39 is 5.97 Å². The second-order valence-electron chi connectivity index (χ2n) is 2.53. The number of hydrogen-bond donors (Lipinski definition) is 1. The second kappa shape index (κ2) is 5.45. The first kappa shape index (κ1) is 11.6. The van der Waals surface area contributed by atoms with Gasteiger partial charge in [0, 0.05) is 18.6 Å². The number of rotatable bonds is 3. The Balaban J connectivity index is 2.94. The van der Waals surface area contributed by atoms with Gasteiger partial charge in [0.15, 0.2) is 5.82 Å². The minimum absolute atomic E-state index is 0.157. The van der Waals surface area contributed by atoms with Crippen LogP contribution < -0.4 is 5.73 Å². The number of esters is 1. The van der Waals surface area contributed by atoms with Gasteiger partial charge in [-0.25, -0.2) is 14.8 Å². The van der Waals surface area contributed by atoms with Gasteiger partial charge in [0.1, 0.15) is 5.57 Å². The maximum absolute atomic E-state index is 11.4. The van der Waals surface area contributed by atoms with Crippen molar-refractivity contribution < 1.29 is 9.53 Å². The average Bonchev–Trinajstić information content (AvgIpc) is 2.22. The molecule has 0 atom stereocenters. The molecule has 15 heavy (non-hydrogen) atoms. The molecule has 80 valence electrons. The summed E-state index contributed by atoms with van der Waals surface area (Å²) in [4.78, 5) is 19.3. The molecule has 0 spiro atoms. The van der Waals surface area contributed by atoms with Crippen LogP contribution in [0, 0.1) is 0 Å². The Bertz CT molecular complexity index is 375. The number of halogens is 1. The quantitative estimate of drug-likeness (QED) is 0.658. The molecule has 0 aliphatic carbocycles. The lowest BCUT2D eigenvalue weighted by Gasteiger charge is -2.04. The lowest BCUT2D eigenvalue weighted by molar-refractivity contribution is -0.136. The van der Waals surface area contributed by atoms with Crippen molar-refractivity contribution in [3.05, 3.63) is 28.9 Å². The number of nitrogens with zero attached hydrogens (tertiary/aromatic N) is 2. The van der Waals surface area contributed by atoms with Crippen LogP contribution in [-0.4, -0.2) is 22.5 Å². The first-order valence-corrected chi connectivity index (χ1v) is 5.05. The molecule has 0 aromatic carbocycles. The van der Waals surface area contributed by atoms with Crippen LogP contribution >= 0.6 is 15.9 Å². The molecule has 0 aliphatic rings. The van der Waals surface area contributed by atoms with Crippen LogP contribution in [0.15, 0.2) is 23.1 Å². The van der Waals surface area contributed by atoms with E-state index in [0.29, 0.717) is 0 Å². The smallest absolute Gasteiger partial charge is 0.343 e. The fourth-order valence-electron chi connectivity index (χ4n) is 0.894. The van der Waals surface area contributed by atoms with Crippen molar-refractivity contribution in [2.45, 2.75) is 6.92 Å². The summed E-state index contributed by atoms with van der Waals surface area (Å²) in [6.45, 7) is 2.00. The molecule has 0 bridgehead atoms. The number of nitrogens with two attached hydrogens (primary N) is 1. The molecule has 1 aromatic rings. The number of hydrogen-bond acceptors (Lipinski definition) is 5. The molecule has 5 nitrogen and oxygen atoms in total. The maximum Gasteiger partial charge on any atom is 0.343 e. The predicted molar refractivity (Wildman–Crippen MR) is 58.5 cm³/mol. The summed E-state index contributed by atoms with van der Waals surface area (Å²) >= 11 is 3.19. The van der Waals surface area contributed by atoms with Crippen molar-refractivity contribution in [2.24, 2.45) is 5.73 Å². The van der Waals surface area contributed by atoms with E-state index in [0.717, 1.165) is 10.7 Å². The third-order valence-corrected chi connectivity index (χ3v) is 1.93. The monoisotopic (exact) mass is 271 g/mol. The standard InChI is InChI=1S/C9H10BrN3O2/c1-2-15-9(14)7(3-11)8-12-4-6(10)5-13-8/h3-5H,2,11H2,1H3. The summed E-state index contributed by atoms with van der Waals surface area (Å²) in [6.07, 6.45) is 4.21. The molecule has 2 N–H and O–H groups in total. The first-order valence-electron chi connectivity index (χ1n) is 4.26. The Morgan fingerprint density at radius 3 is 2.67 bits per heavy atom. The summed E-state index contributed by atoms with van der Waals surface area (Å²) in [5.74, 6) is -0.276. The first-order chi connectivity index (χ1) is 7.19. The van der Waals surface area contributed by atoms with E-state index in [2.05, 4.69) is 25.9 Å². The SMILES string of the molecule is CCOC(=O)C(=CN)c1ncc(Br)cn1. The van der Waals surface area contributed by atoms with Crippen molar-refractivity contribution in [1.29, 1.82) is 0 Å². The van der Waals surface area contributed by atoms with E-state index in [1.54, 1.807) is 6.92 Å². The van der Waals surface area contributed by atoms with Gasteiger partial charge in [0.05, 0.1) is 11.1 Å². The highest BCUT2D eigenvalue weighted by atomic mass is 79.9. The van der Waals surface area contributed by atoms with Gasteiger partial charge in [-0.3, -0.25) is 0 Å². The Morgan fingerprint density at radius 1 is 1.60 bits per heavy atom. The molecule has 0 fully saturated rings. The molecule has 0 unspecified atom stereocenters. The molecule has 0 saturated heterocycles. The van der Waals surface area contributed by atoms with E-state index in [9.17, 15) is 4.79 Å². The van der Waals surface area contributed by atoms with Crippen LogP contribution in [0.4, 0.5) is 0 Å². The third kappa shape index (κ3) is 3.02. The van der Waals surface area contributed by atoms with Crippen LogP contribution in [0.1, 0.15) is 12.7 Å². The predicted octanol–water partition coefficient (Wildman–Crippen LogP) is 1.10. The van der Waals surface area contributed by atoms with Gasteiger partial charge in [-0.15, -0.1) is 0 Å². The van der Waals surface area contributed by atoms with Crippen molar-refractivity contribution in [3.8, 4) is 0 Å². The second-order valence-corrected chi connectivity index (χ2v) is 3.44. The fourth-order valence-corrected chi connectivity index (χ4v) is 1.10. The highest BCUT2D eigenvalue weighted by Gasteiger charge is 2.14. The van der Waals surface area contributed by atoms with Gasteiger partial charge in [-0.1, -0.05) is 0 Å². The van der Waals surface area contributed by atoms with E-state index in [4.69, 9.17) is 10.5 Å². The van der Waals surface area contributed by atoms with Gasteiger partial charge in [0.25, 0.3) is 0 Å². The number of carbonyl (C=O) groups excluding carboxylic acids is 1. The summed E-state index contributed by atoms with van der Waals surface area (Å²) in [5.41, 5.74) is 5.48. The van der Waals surface area contributed by atoms with Gasteiger partial charge >= 0.3 is 5.97 Å². The molecule has 0 aliphatic heterocycles. The Hall–Kier alpha value is -1.43. The fraction of sp³-hybridized carbons (Fsp3) is 0.222. The topological polar surface area (TPSA) is 78.1 Å². The van der Waals surface area contributed by atoms with Crippen molar-refractivity contribution >= 4 is 27.5 Å². The molecule has 0 amide bonds. The van der Waals surface area contributed by atoms with E-state index >= 15 is 0 Å². The van der Waals surface area contributed by atoms with Gasteiger partial charge in [-0.2, -0.15) is 0 Å². The Labute approximate surface area is 95.5 Å². The summed E-state index contributed by atoms with van der Waals surface area (Å²) in [6, 6.07) is 0. The lowest BCUT2D eigenvalue weighted by atomic mass is 10.2. The molecule has 6 heteroatoms. The van der Waals surface area contributed by atoms with E-state index in [1.165, 1.54) is 12.4 Å². The summed E-state index contributed by atoms with van der Waals surface area (Å²) < 4.78 is 5.53. The molecule has 0 radical (unpaired) electrons. The van der Waals surface area contributed by atoms with Crippen LogP contribution in [-0.2, 0) is 9.53 Å². The Kier molecular flexibility index (Phi) is 4.23. The maximum atomic E-state index is 11.4. The summed E-state index contributed by atoms with van der Waals surface area (Å²) in [7, 11) is 0. The summed E-state index contributed by atoms with van der Waals surface area (Å²) in [5, 5.41) is 0. The van der Waals surface area contributed by atoms with Crippen molar-refractivity contribution in [3.63, 3.8) is 0 Å². The third-order valence-electron chi connectivity index (χ3n) is 1.52. The number of ether oxygens (including phenoxy) is 1. The largest absolute Gasteiger partial charge is 0.462 e. The van der Waals surface area contributed by atoms with Crippen LogP contribution in [0.5, 0.6) is 0 Å². The highest BCUT2D eigenvalue weighted by molar-refractivity contribution is 9.10. The Morgan fingerprint density at radius 2 is 2.20 bits per heavy atom. The molecule has 1 rings (SSSR count). The highest BCUT2D eigenvalue weighted by Crippen LogP contribution is 2.12. The van der Waals surface area contributed by atoms with Gasteiger partial charge < -0.3 is 10.5 Å². The number of aromatic nitrogens is 2. The van der Waals surface area contributed by atoms with E-state index in [1.807, 2.05) is 0 Å². The lowest BCUT2D eigenvalue weighted by Crippen LogP contribution is -2.10. The zero-order chi connectivity index (χ0) is 11.3. The van der Waals surface area contributed by atoms with Crippen molar-refractivity contribution in [2.75, 3.05) is 6.61 Å². The van der Waals surface area contributed by atoms with Crippen LogP contribution in [0.3, 0.4) is 0 Å². The zero-order valence-corrected chi connectivity index (χ0v) is 9.69. The van der Waals surface area contributed by atoms with Gasteiger partial charge in [-0.05, 0) is 22.9 Å². The minimum atomic E-state index is -0.526. The average molecular weight is 272 g/mol. The zero-order valence-electron chi connectivity index (χ0n) is 8.11. The molecule has 0 saturated carbocycles. The number of carbonyl (C=O) groups is 1. The van der Waals surface area contributed by atoms with Gasteiger partial charge in [0.2, 0.25) is 0 Å². The van der Waals surface area contributed by atoms with Crippen molar-refractivity contribution in [1.82, 2.24) is 9.97 Å². The molecular formula is C9H10BrN3O2. The van der Waals surface area contributed by atoms with Crippen LogP contribution in [0.25, 0.3) is 5.57 Å². The minimum Gasteiger partial charge on any atom is -0.462 e. The van der Waals surface area contributed by atoms with Crippen LogP contribution in [0.2, 0.25) is 0 Å². The molecule has 1 aromatic heterocycles. The normalized spacial score (nSPS) is 11.2. The molecular weight excluding hydrogens is 262 g/mol. The van der Waals surface area contributed by atoms with E-state index in [-0.39, 0.29) is 18.0 Å². The molecule has 1 heterocycles.